The van der Waals surface area contributed by atoms with Crippen molar-refractivity contribution in [2.45, 2.75) is 31.7 Å². The molecule has 5 amide bonds. The summed E-state index contributed by atoms with van der Waals surface area (Å²) < 4.78 is 4.04. The van der Waals surface area contributed by atoms with Gasteiger partial charge in [0.05, 0.1) is 45.5 Å². The number of rotatable bonds is 11. The van der Waals surface area contributed by atoms with Gasteiger partial charge in [0.15, 0.2) is 17.3 Å². The Morgan fingerprint density at radius 3 is 1.77 bits per heavy atom. The standard InChI is InChI=1S/C8H10N4O2.C6H15NO3.C4H6N4O3.C4H10O2.C3H8O3/c1-10-4-9-6-5(10)7(13)12(3)8(14)11(6)2;8-4-1-7(2-5-9)3-6-10;5-3(10)6-1-2(9)8-4(11)7-1;1-4(6)2-3-5;4-1-3(6)2-5/h4H,1-3H3;8-10H,1-6H2;1H,(H3,5,6,10)(H2,7,8,9,11);4-6H,2-3H2,1H3;3-6H,1-2H2. The molecule has 1 fully saturated rings. The lowest BCUT2D eigenvalue weighted by molar-refractivity contribution is -0.120. The van der Waals surface area contributed by atoms with Crippen LogP contribution in [0.3, 0.4) is 0 Å². The van der Waals surface area contributed by atoms with E-state index in [1.54, 1.807) is 30.5 Å². The number of aryl methyl sites for hydroxylation is 2. The first-order valence-electron chi connectivity index (χ1n) is 14.0. The Bertz CT molecular complexity index is 1300. The molecular weight excluding hydrogens is 634 g/mol. The van der Waals surface area contributed by atoms with Crippen molar-refractivity contribution < 1.29 is 55.2 Å². The monoisotopic (exact) mass is 683 g/mol. The average Bonchev–Trinajstić information content (AvgIpc) is 3.55. The minimum atomic E-state index is -1.04. The molecular formula is C25H49N9O13. The lowest BCUT2D eigenvalue weighted by atomic mass is 10.3. The molecule has 0 bridgehead atoms. The van der Waals surface area contributed by atoms with E-state index in [1.165, 1.54) is 17.9 Å². The summed E-state index contributed by atoms with van der Waals surface area (Å²) in [5, 5.41) is 72.0. The Morgan fingerprint density at radius 2 is 1.45 bits per heavy atom. The molecule has 0 spiro atoms. The highest BCUT2D eigenvalue weighted by Crippen LogP contribution is 2.01. The normalized spacial score (nSPS) is 14.0. The topological polar surface area (TPSA) is 340 Å². The molecule has 0 aliphatic carbocycles. The highest BCUT2D eigenvalue weighted by atomic mass is 16.3. The zero-order valence-corrected chi connectivity index (χ0v) is 26.8. The number of aliphatic hydroxyl groups is 8. The highest BCUT2D eigenvalue weighted by Gasteiger charge is 2.29. The SMILES string of the molecule is CC(O)CCO.Cn1c(=O)c2c(ncn2C)n(C)c1=O.NC(=O)NC1NC(=O)NC1=O.OCC(O)CO.OCCN(CCO)CCO. The van der Waals surface area contributed by atoms with Crippen LogP contribution in [0.2, 0.25) is 0 Å². The van der Waals surface area contributed by atoms with Crippen molar-refractivity contribution >= 4 is 29.1 Å². The number of aromatic nitrogens is 4. The molecule has 2 unspecified atom stereocenters. The molecule has 1 aliphatic heterocycles. The number of hydrogen-bond acceptors (Lipinski definition) is 15. The van der Waals surface area contributed by atoms with Crippen molar-refractivity contribution in [2.24, 2.45) is 26.9 Å². The second-order valence-electron chi connectivity index (χ2n) is 9.53. The van der Waals surface area contributed by atoms with E-state index in [2.05, 4.69) is 10.3 Å². The second kappa shape index (κ2) is 25.1. The van der Waals surface area contributed by atoms with Crippen LogP contribution < -0.4 is 32.9 Å². The summed E-state index contributed by atoms with van der Waals surface area (Å²) in [4.78, 5) is 60.2. The average molecular weight is 684 g/mol. The Balaban J connectivity index is 0. The predicted octanol–water partition coefficient (Wildman–Crippen LogP) is -6.86. The van der Waals surface area contributed by atoms with Crippen LogP contribution in [0.1, 0.15) is 13.3 Å². The van der Waals surface area contributed by atoms with Crippen LogP contribution in [0, 0.1) is 0 Å². The summed E-state index contributed by atoms with van der Waals surface area (Å²) in [5.41, 5.74) is 4.88. The van der Waals surface area contributed by atoms with Crippen LogP contribution in [-0.4, -0.2) is 160 Å². The van der Waals surface area contributed by atoms with Gasteiger partial charge in [-0.2, -0.15) is 0 Å². The quantitative estimate of drug-likeness (QED) is 0.0979. The summed E-state index contributed by atoms with van der Waals surface area (Å²) >= 11 is 0. The lowest BCUT2D eigenvalue weighted by Crippen LogP contribution is -2.48. The van der Waals surface area contributed by atoms with Crippen molar-refractivity contribution in [3.8, 4) is 0 Å². The number of primary amides is 1. The van der Waals surface area contributed by atoms with Crippen LogP contribution in [-0.2, 0) is 25.9 Å². The maximum Gasteiger partial charge on any atom is 0.332 e. The van der Waals surface area contributed by atoms with E-state index in [-0.39, 0.29) is 57.0 Å². The Labute approximate surface area is 269 Å². The number of fused-ring (bicyclic) bond motifs is 1. The number of nitrogens with two attached hydrogens (primary N) is 1. The fraction of sp³-hybridized carbons (Fsp3) is 0.680. The molecule has 22 heteroatoms. The molecule has 3 heterocycles. The van der Waals surface area contributed by atoms with E-state index in [9.17, 15) is 24.0 Å². The number of imide groups is 1. The van der Waals surface area contributed by atoms with Gasteiger partial charge in [-0.15, -0.1) is 0 Å². The van der Waals surface area contributed by atoms with Crippen LogP contribution in [0.4, 0.5) is 9.59 Å². The van der Waals surface area contributed by atoms with Gasteiger partial charge in [-0.1, -0.05) is 0 Å². The zero-order valence-electron chi connectivity index (χ0n) is 26.8. The fourth-order valence-corrected chi connectivity index (χ4v) is 3.14. The molecule has 0 saturated carbocycles. The van der Waals surface area contributed by atoms with Crippen LogP contribution in [0.5, 0.6) is 0 Å². The predicted molar refractivity (Wildman–Crippen MR) is 166 cm³/mol. The number of nitrogens with one attached hydrogen (secondary N) is 3. The number of carbonyl (C=O) groups excluding carboxylic acids is 3. The second-order valence-corrected chi connectivity index (χ2v) is 9.53. The van der Waals surface area contributed by atoms with Crippen molar-refractivity contribution in [3.63, 3.8) is 0 Å². The first kappa shape index (κ1) is 45.1. The molecule has 2 atom stereocenters. The molecule has 1 saturated heterocycles. The minimum absolute atomic E-state index is 0.0694. The third-order valence-corrected chi connectivity index (χ3v) is 5.59. The summed E-state index contributed by atoms with van der Waals surface area (Å²) in [5.74, 6) is -0.617. The van der Waals surface area contributed by atoms with Gasteiger partial charge in [-0.25, -0.2) is 19.4 Å². The number of imidazole rings is 1. The number of aliphatic hydroxyl groups excluding tert-OH is 8. The van der Waals surface area contributed by atoms with Crippen LogP contribution >= 0.6 is 0 Å². The van der Waals surface area contributed by atoms with Gasteiger partial charge in [0.2, 0.25) is 0 Å². The molecule has 3 rings (SSSR count). The molecule has 272 valence electrons. The van der Waals surface area contributed by atoms with E-state index in [1.807, 2.05) is 10.6 Å². The van der Waals surface area contributed by atoms with Crippen molar-refractivity contribution in [1.82, 2.24) is 39.5 Å². The molecule has 0 radical (unpaired) electrons. The molecule has 1 aliphatic rings. The molecule has 13 N–H and O–H groups in total. The molecule has 0 aromatic carbocycles. The Hall–Kier alpha value is -4.00. The van der Waals surface area contributed by atoms with Crippen molar-refractivity contribution in [3.05, 3.63) is 27.2 Å². The fourth-order valence-electron chi connectivity index (χ4n) is 3.14. The van der Waals surface area contributed by atoms with E-state index >= 15 is 0 Å². The first-order chi connectivity index (χ1) is 22.1. The number of nitrogens with zero attached hydrogens (tertiary/aromatic N) is 5. The maximum atomic E-state index is 11.7. The maximum absolute atomic E-state index is 11.7. The van der Waals surface area contributed by atoms with E-state index in [0.717, 1.165) is 4.57 Å². The number of carbonyl (C=O) groups is 3. The number of urea groups is 2. The van der Waals surface area contributed by atoms with Crippen LogP contribution in [0.15, 0.2) is 15.9 Å². The van der Waals surface area contributed by atoms with Crippen molar-refractivity contribution in [1.29, 1.82) is 0 Å². The van der Waals surface area contributed by atoms with E-state index < -0.39 is 30.2 Å². The Kier molecular flexibility index (Phi) is 24.1. The summed E-state index contributed by atoms with van der Waals surface area (Å²) in [6, 6.07) is -1.51. The molecule has 2 aromatic rings. The third kappa shape index (κ3) is 18.1. The van der Waals surface area contributed by atoms with Gasteiger partial charge in [0, 0.05) is 47.4 Å². The highest BCUT2D eigenvalue weighted by molar-refractivity contribution is 6.05. The summed E-state index contributed by atoms with van der Waals surface area (Å²) in [6.45, 7) is 2.75. The largest absolute Gasteiger partial charge is 0.396 e. The van der Waals surface area contributed by atoms with Gasteiger partial charge >= 0.3 is 17.8 Å². The van der Waals surface area contributed by atoms with Gasteiger partial charge in [-0.05, 0) is 13.3 Å². The van der Waals surface area contributed by atoms with E-state index in [4.69, 9.17) is 46.6 Å². The number of hydrogen-bond donors (Lipinski definition) is 12. The lowest BCUT2D eigenvalue weighted by Gasteiger charge is -2.17. The van der Waals surface area contributed by atoms with Crippen LogP contribution in [0.25, 0.3) is 11.2 Å². The summed E-state index contributed by atoms with van der Waals surface area (Å²) in [6.07, 6.45) is -0.342. The number of amides is 5. The zero-order chi connectivity index (χ0) is 36.7. The van der Waals surface area contributed by atoms with Gasteiger partial charge in [0.25, 0.3) is 11.5 Å². The smallest absolute Gasteiger partial charge is 0.332 e. The van der Waals surface area contributed by atoms with Crippen molar-refractivity contribution in [2.75, 3.05) is 59.3 Å². The van der Waals surface area contributed by atoms with Gasteiger partial charge < -0.3 is 61.8 Å². The molecule has 2 aromatic heterocycles. The van der Waals surface area contributed by atoms with Gasteiger partial charge in [0.1, 0.15) is 6.10 Å². The summed E-state index contributed by atoms with van der Waals surface area (Å²) in [7, 11) is 4.77. The van der Waals surface area contributed by atoms with E-state index in [0.29, 0.717) is 37.2 Å². The third-order valence-electron chi connectivity index (χ3n) is 5.59. The minimum Gasteiger partial charge on any atom is -0.396 e. The molecule has 47 heavy (non-hydrogen) atoms. The molecule has 22 nitrogen and oxygen atoms in total. The Morgan fingerprint density at radius 1 is 0.936 bits per heavy atom. The first-order valence-corrected chi connectivity index (χ1v) is 14.0. The van der Waals surface area contributed by atoms with Gasteiger partial charge in [-0.3, -0.25) is 28.9 Å².